The number of rotatable bonds is 4. The Morgan fingerprint density at radius 3 is 2.74 bits per heavy atom. The Balaban J connectivity index is 0.00000192. The van der Waals surface area contributed by atoms with Crippen LogP contribution in [0.15, 0.2) is 29.2 Å². The number of nitrogens with one attached hydrogen (secondary N) is 1. The lowest BCUT2D eigenvalue weighted by Gasteiger charge is -2.27. The summed E-state index contributed by atoms with van der Waals surface area (Å²) in [5.41, 5.74) is 0.476. The maximum absolute atomic E-state index is 13.1. The molecule has 5 nitrogen and oxygen atoms in total. The summed E-state index contributed by atoms with van der Waals surface area (Å²) < 4.78 is 27.8. The van der Waals surface area contributed by atoms with Crippen LogP contribution in [-0.2, 0) is 10.0 Å². The van der Waals surface area contributed by atoms with Crippen LogP contribution in [-0.4, -0.2) is 43.7 Å². The Morgan fingerprint density at radius 2 is 2.00 bits per heavy atom. The summed E-state index contributed by atoms with van der Waals surface area (Å²) in [4.78, 5) is 12.1. The van der Waals surface area contributed by atoms with Crippen LogP contribution in [0.2, 0.25) is 0 Å². The third-order valence-corrected chi connectivity index (χ3v) is 6.64. The first kappa shape index (κ1) is 18.4. The Bertz CT molecular complexity index is 664. The van der Waals surface area contributed by atoms with Gasteiger partial charge in [0, 0.05) is 30.6 Å². The molecule has 7 heteroatoms. The van der Waals surface area contributed by atoms with Gasteiger partial charge in [0.05, 0.1) is 4.90 Å². The maximum atomic E-state index is 13.1. The van der Waals surface area contributed by atoms with Crippen LogP contribution in [0.1, 0.15) is 43.0 Å². The van der Waals surface area contributed by atoms with Gasteiger partial charge in [-0.25, -0.2) is 8.42 Å². The molecule has 0 aromatic heterocycles. The van der Waals surface area contributed by atoms with Crippen molar-refractivity contribution in [2.24, 2.45) is 0 Å². The van der Waals surface area contributed by atoms with Crippen molar-refractivity contribution in [2.75, 3.05) is 13.1 Å². The van der Waals surface area contributed by atoms with Crippen molar-refractivity contribution < 1.29 is 13.2 Å². The van der Waals surface area contributed by atoms with Crippen LogP contribution in [0.4, 0.5) is 0 Å². The molecule has 3 rings (SSSR count). The van der Waals surface area contributed by atoms with Crippen LogP contribution in [0.25, 0.3) is 0 Å². The Hall–Kier alpha value is -0.950. The largest absolute Gasteiger partial charge is 0.315 e. The Morgan fingerprint density at radius 1 is 1.26 bits per heavy atom. The van der Waals surface area contributed by atoms with Gasteiger partial charge in [0.2, 0.25) is 10.0 Å². The minimum atomic E-state index is -3.54. The number of ketones is 1. The lowest BCUT2D eigenvalue weighted by atomic mass is 10.1. The van der Waals surface area contributed by atoms with Crippen LogP contribution in [0, 0.1) is 0 Å². The predicted molar refractivity (Wildman–Crippen MR) is 91.6 cm³/mol. The van der Waals surface area contributed by atoms with Crippen molar-refractivity contribution in [3.05, 3.63) is 29.8 Å². The van der Waals surface area contributed by atoms with E-state index in [0.717, 1.165) is 25.8 Å². The monoisotopic (exact) mass is 358 g/mol. The number of halogens is 1. The first-order valence-electron chi connectivity index (χ1n) is 7.91. The molecular formula is C16H23ClN2O3S. The predicted octanol–water partition coefficient (Wildman–Crippen LogP) is 2.22. The smallest absolute Gasteiger partial charge is 0.243 e. The summed E-state index contributed by atoms with van der Waals surface area (Å²) in [5.74, 6) is -0.0300. The number of sulfonamides is 1. The van der Waals surface area contributed by atoms with Gasteiger partial charge in [0.1, 0.15) is 0 Å². The molecular weight excluding hydrogens is 336 g/mol. The van der Waals surface area contributed by atoms with E-state index in [-0.39, 0.29) is 35.2 Å². The number of hydrogen-bond donors (Lipinski definition) is 1. The second-order valence-corrected chi connectivity index (χ2v) is 7.86. The second-order valence-electron chi connectivity index (χ2n) is 6.02. The van der Waals surface area contributed by atoms with E-state index in [9.17, 15) is 13.2 Å². The quantitative estimate of drug-likeness (QED) is 0.838. The van der Waals surface area contributed by atoms with Crippen LogP contribution in [0.5, 0.6) is 0 Å². The molecule has 2 aliphatic heterocycles. The van der Waals surface area contributed by atoms with Gasteiger partial charge >= 0.3 is 0 Å². The molecule has 0 amide bonds. The molecule has 1 aromatic rings. The highest BCUT2D eigenvalue weighted by atomic mass is 35.5. The maximum Gasteiger partial charge on any atom is 0.243 e. The highest BCUT2D eigenvalue weighted by Crippen LogP contribution is 2.33. The molecule has 0 radical (unpaired) electrons. The number of fused-ring (bicyclic) bond motifs is 2. The molecule has 2 aliphatic rings. The lowest BCUT2D eigenvalue weighted by molar-refractivity contribution is 0.0988. The van der Waals surface area contributed by atoms with E-state index < -0.39 is 10.0 Å². The number of nitrogens with zero attached hydrogens (tertiary/aromatic N) is 1. The summed E-state index contributed by atoms with van der Waals surface area (Å²) >= 11 is 0. The summed E-state index contributed by atoms with van der Waals surface area (Å²) in [6.45, 7) is 3.36. The van der Waals surface area contributed by atoms with Gasteiger partial charge in [-0.2, -0.15) is 4.31 Å². The number of carbonyl (C=O) groups excluding carboxylic acids is 1. The van der Waals surface area contributed by atoms with Crippen molar-refractivity contribution in [3.63, 3.8) is 0 Å². The zero-order chi connectivity index (χ0) is 15.7. The SMILES string of the molecule is CCC(=O)c1cccc(S(=O)(=O)N2C3CCNCC2CC3)c1.Cl. The molecule has 1 N–H and O–H groups in total. The zero-order valence-corrected chi connectivity index (χ0v) is 14.8. The number of benzene rings is 1. The molecule has 23 heavy (non-hydrogen) atoms. The summed E-state index contributed by atoms with van der Waals surface area (Å²) in [6, 6.07) is 6.58. The van der Waals surface area contributed by atoms with Gasteiger partial charge in [-0.3, -0.25) is 4.79 Å². The number of Topliss-reactive ketones (excluding diaryl/α,β-unsaturated/α-hetero) is 1. The Kier molecular flexibility index (Phi) is 5.84. The van der Waals surface area contributed by atoms with Crippen molar-refractivity contribution in [1.82, 2.24) is 9.62 Å². The molecule has 2 atom stereocenters. The minimum absolute atomic E-state index is 0. The minimum Gasteiger partial charge on any atom is -0.315 e. The van der Waals surface area contributed by atoms with E-state index in [1.54, 1.807) is 29.4 Å². The zero-order valence-electron chi connectivity index (χ0n) is 13.2. The molecule has 2 unspecified atom stereocenters. The molecule has 0 saturated carbocycles. The summed E-state index contributed by atoms with van der Waals surface area (Å²) in [7, 11) is -3.54. The van der Waals surface area contributed by atoms with E-state index in [1.807, 2.05) is 0 Å². The van der Waals surface area contributed by atoms with E-state index >= 15 is 0 Å². The molecule has 1 aromatic carbocycles. The van der Waals surface area contributed by atoms with Crippen molar-refractivity contribution in [2.45, 2.75) is 49.6 Å². The van der Waals surface area contributed by atoms with Gasteiger partial charge in [-0.15, -0.1) is 12.4 Å². The van der Waals surface area contributed by atoms with E-state index in [1.165, 1.54) is 6.07 Å². The van der Waals surface area contributed by atoms with Gasteiger partial charge in [0.25, 0.3) is 0 Å². The topological polar surface area (TPSA) is 66.5 Å². The van der Waals surface area contributed by atoms with E-state index in [4.69, 9.17) is 0 Å². The fourth-order valence-corrected chi connectivity index (χ4v) is 5.43. The average molecular weight is 359 g/mol. The van der Waals surface area contributed by atoms with Crippen LogP contribution >= 0.6 is 12.4 Å². The molecule has 2 heterocycles. The summed E-state index contributed by atoms with van der Waals surface area (Å²) in [5, 5.41) is 3.31. The number of hydrogen-bond acceptors (Lipinski definition) is 4. The molecule has 0 aliphatic carbocycles. The highest BCUT2D eigenvalue weighted by Gasteiger charge is 2.43. The first-order chi connectivity index (χ1) is 10.5. The van der Waals surface area contributed by atoms with Gasteiger partial charge in [-0.05, 0) is 37.9 Å². The van der Waals surface area contributed by atoms with E-state index in [2.05, 4.69) is 5.32 Å². The van der Waals surface area contributed by atoms with Gasteiger partial charge in [0.15, 0.2) is 5.78 Å². The summed E-state index contributed by atoms with van der Waals surface area (Å²) in [6.07, 6.45) is 3.06. The fraction of sp³-hybridized carbons (Fsp3) is 0.562. The highest BCUT2D eigenvalue weighted by molar-refractivity contribution is 7.89. The normalized spacial score (nSPS) is 24.7. The standard InChI is InChI=1S/C16H22N2O3S.ClH/c1-2-16(19)12-4-3-5-15(10-12)22(20,21)18-13-6-7-14(18)11-17-9-8-13;/h3-5,10,13-14,17H,2,6-9,11H2,1H3;1H. The molecule has 2 saturated heterocycles. The van der Waals surface area contributed by atoms with Crippen molar-refractivity contribution >= 4 is 28.2 Å². The van der Waals surface area contributed by atoms with Gasteiger partial charge in [-0.1, -0.05) is 19.1 Å². The van der Waals surface area contributed by atoms with E-state index in [0.29, 0.717) is 18.5 Å². The third kappa shape index (κ3) is 3.45. The van der Waals surface area contributed by atoms with Gasteiger partial charge < -0.3 is 5.32 Å². The van der Waals surface area contributed by atoms with Crippen LogP contribution in [0.3, 0.4) is 0 Å². The van der Waals surface area contributed by atoms with Crippen LogP contribution < -0.4 is 5.32 Å². The lowest BCUT2D eigenvalue weighted by Crippen LogP contribution is -2.42. The third-order valence-electron chi connectivity index (χ3n) is 4.64. The second kappa shape index (κ2) is 7.30. The average Bonchev–Trinajstić information content (AvgIpc) is 2.80. The molecule has 128 valence electrons. The molecule has 2 fully saturated rings. The van der Waals surface area contributed by atoms with Crippen molar-refractivity contribution in [1.29, 1.82) is 0 Å². The number of carbonyl (C=O) groups is 1. The Labute approximate surface area is 143 Å². The molecule has 0 spiro atoms. The van der Waals surface area contributed by atoms with Crippen molar-refractivity contribution in [3.8, 4) is 0 Å². The molecule has 2 bridgehead atoms. The fourth-order valence-electron chi connectivity index (χ4n) is 3.49. The first-order valence-corrected chi connectivity index (χ1v) is 9.35.